The predicted octanol–water partition coefficient (Wildman–Crippen LogP) is 4.25. The van der Waals surface area contributed by atoms with Crippen molar-refractivity contribution < 1.29 is 9.53 Å². The average molecular weight is 455 g/mol. The number of aromatic nitrogens is 2. The molecule has 0 saturated carbocycles. The Morgan fingerprint density at radius 1 is 1.12 bits per heavy atom. The average Bonchev–Trinajstić information content (AvgIpc) is 2.88. The molecule has 0 bridgehead atoms. The topological polar surface area (TPSA) is 117 Å². The molecule has 0 radical (unpaired) electrons. The van der Waals surface area contributed by atoms with Gasteiger partial charge in [0.1, 0.15) is 41.1 Å². The van der Waals surface area contributed by atoms with Gasteiger partial charge in [0.25, 0.3) is 5.91 Å². The summed E-state index contributed by atoms with van der Waals surface area (Å²) in [5, 5.41) is 12.3. The van der Waals surface area contributed by atoms with Crippen LogP contribution < -0.4 is 15.8 Å². The van der Waals surface area contributed by atoms with E-state index in [9.17, 15) is 4.79 Å². The maximum atomic E-state index is 12.1. The van der Waals surface area contributed by atoms with Crippen molar-refractivity contribution in [3.05, 3.63) is 73.1 Å². The molecule has 0 unspecified atom stereocenters. The molecule has 172 valence electrons. The molecule has 1 saturated heterocycles. The van der Waals surface area contributed by atoms with Gasteiger partial charge in [-0.3, -0.25) is 4.79 Å². The number of para-hydroxylation sites is 1. The first-order valence-corrected chi connectivity index (χ1v) is 11.1. The third-order valence-electron chi connectivity index (χ3n) is 5.85. The maximum Gasteiger partial charge on any atom is 0.263 e. The van der Waals surface area contributed by atoms with Crippen LogP contribution >= 0.6 is 0 Å². The first-order valence-electron chi connectivity index (χ1n) is 11.1. The highest BCUT2D eigenvalue weighted by molar-refractivity contribution is 5.96. The summed E-state index contributed by atoms with van der Waals surface area (Å²) >= 11 is 0. The lowest BCUT2D eigenvalue weighted by atomic mass is 9.96. The second kappa shape index (κ2) is 10.5. The number of anilines is 2. The Morgan fingerprint density at radius 3 is 2.47 bits per heavy atom. The molecular formula is C26H26N6O2. The molecule has 8 heteroatoms. The quantitative estimate of drug-likeness (QED) is 0.405. The number of nitrogens with zero attached hydrogens (tertiary/aromatic N) is 4. The van der Waals surface area contributed by atoms with Gasteiger partial charge in [0.15, 0.2) is 0 Å². The Hall–Kier alpha value is -4.38. The number of nitrogens with two attached hydrogens (primary N) is 1. The van der Waals surface area contributed by atoms with E-state index in [-0.39, 0.29) is 11.5 Å². The second-order valence-corrected chi connectivity index (χ2v) is 8.13. The lowest BCUT2D eigenvalue weighted by molar-refractivity contribution is -0.127. The first kappa shape index (κ1) is 22.8. The van der Waals surface area contributed by atoms with Crippen LogP contribution in [0.1, 0.15) is 12.8 Å². The molecule has 1 aromatic heterocycles. The highest BCUT2D eigenvalue weighted by atomic mass is 16.5. The summed E-state index contributed by atoms with van der Waals surface area (Å²) in [4.78, 5) is 22.4. The molecule has 2 aromatic carbocycles. The zero-order chi connectivity index (χ0) is 23.9. The Balaban J connectivity index is 1.40. The number of benzene rings is 2. The second-order valence-electron chi connectivity index (χ2n) is 8.13. The SMILES string of the molecule is C=C(C#N)C(=O)N1CCC(CNc2ncnc(N)c2-c2ccc(Oc3ccccc3)cc2)CC1. The highest BCUT2D eigenvalue weighted by Gasteiger charge is 2.24. The minimum absolute atomic E-state index is 0.0159. The molecule has 1 aliphatic heterocycles. The van der Waals surface area contributed by atoms with Crippen molar-refractivity contribution in [1.29, 1.82) is 5.26 Å². The fourth-order valence-corrected chi connectivity index (χ4v) is 3.95. The normalized spacial score (nSPS) is 13.7. The van der Waals surface area contributed by atoms with Gasteiger partial charge in [-0.05, 0) is 48.6 Å². The van der Waals surface area contributed by atoms with Crippen molar-refractivity contribution in [3.8, 4) is 28.7 Å². The van der Waals surface area contributed by atoms with Gasteiger partial charge >= 0.3 is 0 Å². The van der Waals surface area contributed by atoms with Gasteiger partial charge in [-0.1, -0.05) is 36.9 Å². The largest absolute Gasteiger partial charge is 0.457 e. The number of amides is 1. The van der Waals surface area contributed by atoms with Gasteiger partial charge in [-0.2, -0.15) is 5.26 Å². The number of nitrogens with one attached hydrogen (secondary N) is 1. The van der Waals surface area contributed by atoms with Crippen LogP contribution in [0.25, 0.3) is 11.1 Å². The fraction of sp³-hybridized carbons (Fsp3) is 0.231. The van der Waals surface area contributed by atoms with Crippen LogP contribution in [0.4, 0.5) is 11.6 Å². The predicted molar refractivity (Wildman–Crippen MR) is 131 cm³/mol. The van der Waals surface area contributed by atoms with E-state index in [2.05, 4.69) is 21.9 Å². The van der Waals surface area contributed by atoms with E-state index in [0.717, 1.165) is 35.5 Å². The molecule has 3 N–H and O–H groups in total. The molecule has 1 fully saturated rings. The van der Waals surface area contributed by atoms with Gasteiger partial charge in [0, 0.05) is 19.6 Å². The van der Waals surface area contributed by atoms with E-state index in [4.69, 9.17) is 15.7 Å². The number of carbonyl (C=O) groups is 1. The van der Waals surface area contributed by atoms with Crippen LogP contribution in [0.3, 0.4) is 0 Å². The molecule has 4 rings (SSSR count). The Kier molecular flexibility index (Phi) is 7.04. The standard InChI is InChI=1S/C26H26N6O2/c1-18(15-27)26(33)32-13-11-19(12-14-32)16-29-25-23(24(28)30-17-31-25)20-7-9-22(10-8-20)34-21-5-3-2-4-6-21/h2-10,17,19H,1,11-14,16H2,(H3,28,29,30,31). The molecule has 0 atom stereocenters. The Morgan fingerprint density at radius 2 is 1.79 bits per heavy atom. The summed E-state index contributed by atoms with van der Waals surface area (Å²) in [5.41, 5.74) is 7.83. The molecule has 8 nitrogen and oxygen atoms in total. The highest BCUT2D eigenvalue weighted by Crippen LogP contribution is 2.33. The van der Waals surface area contributed by atoms with Crippen LogP contribution in [0, 0.1) is 17.2 Å². The lowest BCUT2D eigenvalue weighted by Crippen LogP contribution is -2.40. The van der Waals surface area contributed by atoms with Crippen LogP contribution in [-0.4, -0.2) is 40.4 Å². The summed E-state index contributed by atoms with van der Waals surface area (Å²) in [6.45, 7) is 5.42. The van der Waals surface area contributed by atoms with E-state index in [1.807, 2.05) is 60.7 Å². The smallest absolute Gasteiger partial charge is 0.263 e. The number of likely N-dealkylation sites (tertiary alicyclic amines) is 1. The molecule has 0 aliphatic carbocycles. The number of nitriles is 1. The monoisotopic (exact) mass is 454 g/mol. The molecule has 3 aromatic rings. The maximum absolute atomic E-state index is 12.1. The van der Waals surface area contributed by atoms with Gasteiger partial charge in [-0.25, -0.2) is 9.97 Å². The molecule has 2 heterocycles. The van der Waals surface area contributed by atoms with Crippen LogP contribution in [0.15, 0.2) is 73.1 Å². The molecule has 1 amide bonds. The van der Waals surface area contributed by atoms with E-state index in [1.165, 1.54) is 6.33 Å². The molecule has 34 heavy (non-hydrogen) atoms. The fourth-order valence-electron chi connectivity index (χ4n) is 3.95. The Labute approximate surface area is 198 Å². The summed E-state index contributed by atoms with van der Waals surface area (Å²) in [6, 6.07) is 19.1. The minimum atomic E-state index is -0.278. The van der Waals surface area contributed by atoms with Crippen LogP contribution in [-0.2, 0) is 4.79 Å². The summed E-state index contributed by atoms with van der Waals surface area (Å²) in [7, 11) is 0. The minimum Gasteiger partial charge on any atom is -0.457 e. The van der Waals surface area contributed by atoms with Crippen molar-refractivity contribution >= 4 is 17.5 Å². The summed E-state index contributed by atoms with van der Waals surface area (Å²) < 4.78 is 5.87. The van der Waals surface area contributed by atoms with Gasteiger partial charge < -0.3 is 20.7 Å². The van der Waals surface area contributed by atoms with E-state index < -0.39 is 0 Å². The third kappa shape index (κ3) is 5.33. The number of nitrogen functional groups attached to an aromatic ring is 1. The number of hydrogen-bond donors (Lipinski definition) is 2. The lowest BCUT2D eigenvalue weighted by Gasteiger charge is -2.32. The van der Waals surface area contributed by atoms with Gasteiger partial charge in [0.05, 0.1) is 5.56 Å². The van der Waals surface area contributed by atoms with Crippen molar-refractivity contribution in [3.63, 3.8) is 0 Å². The third-order valence-corrected chi connectivity index (χ3v) is 5.85. The summed E-state index contributed by atoms with van der Waals surface area (Å²) in [6.07, 6.45) is 3.11. The summed E-state index contributed by atoms with van der Waals surface area (Å²) in [5.74, 6) is 2.64. The molecular weight excluding hydrogens is 428 g/mol. The Bertz CT molecular complexity index is 1200. The van der Waals surface area contributed by atoms with E-state index >= 15 is 0 Å². The zero-order valence-corrected chi connectivity index (χ0v) is 18.8. The van der Waals surface area contributed by atoms with Crippen molar-refractivity contribution in [2.45, 2.75) is 12.8 Å². The van der Waals surface area contributed by atoms with Crippen molar-refractivity contribution in [1.82, 2.24) is 14.9 Å². The van der Waals surface area contributed by atoms with Crippen LogP contribution in [0.5, 0.6) is 11.5 Å². The first-order chi connectivity index (χ1) is 16.5. The number of piperidine rings is 1. The number of ether oxygens (including phenoxy) is 1. The number of rotatable bonds is 7. The van der Waals surface area contributed by atoms with Gasteiger partial charge in [0.2, 0.25) is 0 Å². The van der Waals surface area contributed by atoms with E-state index in [1.54, 1.807) is 4.90 Å². The van der Waals surface area contributed by atoms with Crippen molar-refractivity contribution in [2.75, 3.05) is 30.7 Å². The molecule has 1 aliphatic rings. The number of carbonyl (C=O) groups excluding carboxylic acids is 1. The van der Waals surface area contributed by atoms with Gasteiger partial charge in [-0.15, -0.1) is 0 Å². The van der Waals surface area contributed by atoms with Crippen molar-refractivity contribution in [2.24, 2.45) is 5.92 Å². The van der Waals surface area contributed by atoms with Crippen LogP contribution in [0.2, 0.25) is 0 Å². The molecule has 0 spiro atoms. The zero-order valence-electron chi connectivity index (χ0n) is 18.8. The number of hydrogen-bond acceptors (Lipinski definition) is 7. The van der Waals surface area contributed by atoms with E-state index in [0.29, 0.717) is 37.2 Å².